The third-order valence-corrected chi connectivity index (χ3v) is 3.31. The number of nitrogens with zero attached hydrogens (tertiary/aromatic N) is 1. The highest BCUT2D eigenvalue weighted by Crippen LogP contribution is 2.30. The van der Waals surface area contributed by atoms with E-state index in [1.807, 2.05) is 6.07 Å². The van der Waals surface area contributed by atoms with Gasteiger partial charge in [-0.1, -0.05) is 11.6 Å². The van der Waals surface area contributed by atoms with Crippen molar-refractivity contribution in [1.29, 1.82) is 0 Å². The monoisotopic (exact) mass is 230 g/mol. The molecule has 1 aromatic rings. The minimum Gasteiger partial charge on any atom is -0.316 e. The summed E-state index contributed by atoms with van der Waals surface area (Å²) in [5.41, 5.74) is 1.97. The Labute approximate surface area is 93.6 Å². The van der Waals surface area contributed by atoms with Crippen LogP contribution in [-0.4, -0.2) is 18.1 Å². The van der Waals surface area contributed by atoms with Crippen LogP contribution in [0.4, 0.5) is 0 Å². The summed E-state index contributed by atoms with van der Waals surface area (Å²) in [5.74, 6) is 0.903. The normalized spacial score (nSPS) is 21.4. The van der Waals surface area contributed by atoms with E-state index in [1.54, 1.807) is 6.20 Å². The molecule has 0 spiro atoms. The number of rotatable bonds is 2. The molecule has 0 bridgehead atoms. The predicted octanol–water partition coefficient (Wildman–Crippen LogP) is 2.55. The Balaban J connectivity index is 2.32. The minimum absolute atomic E-state index is 0.382. The molecular weight excluding hydrogens is 219 g/mol. The number of nitrogens with one attached hydrogen (secondary N) is 1. The largest absolute Gasteiger partial charge is 0.316 e. The molecule has 1 aliphatic rings. The third-order valence-electron chi connectivity index (χ3n) is 2.62. The topological polar surface area (TPSA) is 24.9 Å². The Bertz CT molecular complexity index is 322. The van der Waals surface area contributed by atoms with Gasteiger partial charge >= 0.3 is 0 Å². The van der Waals surface area contributed by atoms with Crippen LogP contribution in [0.5, 0.6) is 0 Å². The van der Waals surface area contributed by atoms with E-state index in [9.17, 15) is 0 Å². The van der Waals surface area contributed by atoms with Gasteiger partial charge in [0, 0.05) is 12.7 Å². The minimum atomic E-state index is 0.382. The summed E-state index contributed by atoms with van der Waals surface area (Å²) in [4.78, 5) is 4.14. The first-order valence-electron chi connectivity index (χ1n) is 4.73. The number of alkyl halides is 1. The first kappa shape index (κ1) is 10.2. The molecule has 2 nitrogen and oxygen atoms in total. The number of pyridine rings is 1. The van der Waals surface area contributed by atoms with Crippen molar-refractivity contribution in [1.82, 2.24) is 10.3 Å². The smallest absolute Gasteiger partial charge is 0.0740 e. The Morgan fingerprint density at radius 2 is 2.43 bits per heavy atom. The lowest BCUT2D eigenvalue weighted by molar-refractivity contribution is 0.760. The summed E-state index contributed by atoms with van der Waals surface area (Å²) < 4.78 is 0. The van der Waals surface area contributed by atoms with Crippen LogP contribution in [0.15, 0.2) is 12.3 Å². The molecule has 1 unspecified atom stereocenters. The maximum Gasteiger partial charge on any atom is 0.0740 e. The van der Waals surface area contributed by atoms with Crippen LogP contribution in [-0.2, 0) is 5.88 Å². The molecule has 1 atom stereocenters. The lowest BCUT2D eigenvalue weighted by atomic mass is 9.99. The molecule has 4 heteroatoms. The molecule has 2 rings (SSSR count). The van der Waals surface area contributed by atoms with Crippen molar-refractivity contribution in [3.8, 4) is 0 Å². The van der Waals surface area contributed by atoms with E-state index in [2.05, 4.69) is 10.3 Å². The van der Waals surface area contributed by atoms with Crippen LogP contribution in [0, 0.1) is 0 Å². The molecule has 0 radical (unpaired) electrons. The van der Waals surface area contributed by atoms with Crippen molar-refractivity contribution >= 4 is 23.2 Å². The number of aromatic nitrogens is 1. The molecule has 0 aliphatic carbocycles. The fourth-order valence-electron chi connectivity index (χ4n) is 1.83. The molecule has 0 amide bonds. The summed E-state index contributed by atoms with van der Waals surface area (Å²) in [6, 6.07) is 2.00. The van der Waals surface area contributed by atoms with Gasteiger partial charge in [-0.2, -0.15) is 0 Å². The molecule has 1 N–H and O–H groups in total. The van der Waals surface area contributed by atoms with Crippen molar-refractivity contribution in [3.63, 3.8) is 0 Å². The second-order valence-electron chi connectivity index (χ2n) is 3.48. The van der Waals surface area contributed by atoms with E-state index in [0.29, 0.717) is 11.8 Å². The molecule has 76 valence electrons. The lowest BCUT2D eigenvalue weighted by Gasteiger charge is -2.12. The standard InChI is InChI=1S/C10H12Cl2N2/c11-5-9-10(12)8(2-4-14-9)7-1-3-13-6-7/h2,4,7,13H,1,3,5-6H2. The first-order chi connectivity index (χ1) is 6.83. The van der Waals surface area contributed by atoms with Gasteiger partial charge in [-0.3, -0.25) is 4.98 Å². The quantitative estimate of drug-likeness (QED) is 0.791. The second kappa shape index (κ2) is 4.47. The van der Waals surface area contributed by atoms with Gasteiger partial charge in [0.1, 0.15) is 0 Å². The summed E-state index contributed by atoms with van der Waals surface area (Å²) in [7, 11) is 0. The Morgan fingerprint density at radius 1 is 1.57 bits per heavy atom. The van der Waals surface area contributed by atoms with Crippen molar-refractivity contribution < 1.29 is 0 Å². The average Bonchev–Trinajstić information content (AvgIpc) is 2.71. The molecular formula is C10H12Cl2N2. The van der Waals surface area contributed by atoms with Crippen molar-refractivity contribution in [2.45, 2.75) is 18.2 Å². The average molecular weight is 231 g/mol. The zero-order valence-electron chi connectivity index (χ0n) is 7.76. The maximum atomic E-state index is 6.21. The van der Waals surface area contributed by atoms with Crippen LogP contribution in [0.3, 0.4) is 0 Å². The van der Waals surface area contributed by atoms with Gasteiger partial charge in [0.25, 0.3) is 0 Å². The second-order valence-corrected chi connectivity index (χ2v) is 4.13. The molecule has 2 heterocycles. The van der Waals surface area contributed by atoms with Gasteiger partial charge in [-0.15, -0.1) is 11.6 Å². The molecule has 1 aliphatic heterocycles. The van der Waals surface area contributed by atoms with Gasteiger partial charge in [-0.05, 0) is 30.5 Å². The van der Waals surface area contributed by atoms with Crippen LogP contribution in [0.25, 0.3) is 0 Å². The van der Waals surface area contributed by atoms with Gasteiger partial charge in [0.05, 0.1) is 16.6 Å². The molecule has 1 aromatic heterocycles. The van der Waals surface area contributed by atoms with Gasteiger partial charge < -0.3 is 5.32 Å². The van der Waals surface area contributed by atoms with Crippen molar-refractivity contribution in [2.75, 3.05) is 13.1 Å². The van der Waals surface area contributed by atoms with Crippen LogP contribution in [0.1, 0.15) is 23.6 Å². The Hall–Kier alpha value is -0.310. The molecule has 1 fully saturated rings. The Morgan fingerprint density at radius 3 is 3.07 bits per heavy atom. The van der Waals surface area contributed by atoms with E-state index in [0.717, 1.165) is 30.2 Å². The molecule has 0 aromatic carbocycles. The highest BCUT2D eigenvalue weighted by Gasteiger charge is 2.20. The SMILES string of the molecule is ClCc1nccc(C2CCNC2)c1Cl. The number of hydrogen-bond acceptors (Lipinski definition) is 2. The highest BCUT2D eigenvalue weighted by atomic mass is 35.5. The lowest BCUT2D eigenvalue weighted by Crippen LogP contribution is -2.08. The van der Waals surface area contributed by atoms with E-state index >= 15 is 0 Å². The Kier molecular flexibility index (Phi) is 3.26. The summed E-state index contributed by atoms with van der Waals surface area (Å²) >= 11 is 12.0. The summed E-state index contributed by atoms with van der Waals surface area (Å²) in [6.45, 7) is 2.07. The first-order valence-corrected chi connectivity index (χ1v) is 5.64. The summed E-state index contributed by atoms with van der Waals surface area (Å²) in [6.07, 6.45) is 2.93. The van der Waals surface area contributed by atoms with E-state index in [-0.39, 0.29) is 0 Å². The van der Waals surface area contributed by atoms with Crippen LogP contribution < -0.4 is 5.32 Å². The molecule has 1 saturated heterocycles. The van der Waals surface area contributed by atoms with Crippen molar-refractivity contribution in [3.05, 3.63) is 28.5 Å². The van der Waals surface area contributed by atoms with E-state index in [1.165, 1.54) is 5.56 Å². The predicted molar refractivity (Wildman–Crippen MR) is 59.0 cm³/mol. The van der Waals surface area contributed by atoms with Crippen LogP contribution in [0.2, 0.25) is 5.02 Å². The zero-order valence-corrected chi connectivity index (χ0v) is 9.28. The van der Waals surface area contributed by atoms with E-state index < -0.39 is 0 Å². The molecule has 0 saturated carbocycles. The number of halogens is 2. The number of hydrogen-bond donors (Lipinski definition) is 1. The summed E-state index contributed by atoms with van der Waals surface area (Å²) in [5, 5.41) is 4.07. The van der Waals surface area contributed by atoms with E-state index in [4.69, 9.17) is 23.2 Å². The van der Waals surface area contributed by atoms with Crippen molar-refractivity contribution in [2.24, 2.45) is 0 Å². The van der Waals surface area contributed by atoms with Crippen LogP contribution >= 0.6 is 23.2 Å². The third kappa shape index (κ3) is 1.88. The van der Waals surface area contributed by atoms with Gasteiger partial charge in [-0.25, -0.2) is 0 Å². The fourth-order valence-corrected chi connectivity index (χ4v) is 2.44. The maximum absolute atomic E-state index is 6.21. The highest BCUT2D eigenvalue weighted by molar-refractivity contribution is 6.32. The van der Waals surface area contributed by atoms with Gasteiger partial charge in [0.15, 0.2) is 0 Å². The van der Waals surface area contributed by atoms with Gasteiger partial charge in [0.2, 0.25) is 0 Å². The fraction of sp³-hybridized carbons (Fsp3) is 0.500. The zero-order chi connectivity index (χ0) is 9.97. The molecule has 14 heavy (non-hydrogen) atoms.